The molecule has 0 aromatic rings. The second-order valence-corrected chi connectivity index (χ2v) is 7.85. The molecule has 2 aliphatic rings. The van der Waals surface area contributed by atoms with Gasteiger partial charge in [-0.1, -0.05) is 38.5 Å². The summed E-state index contributed by atoms with van der Waals surface area (Å²) in [5.41, 5.74) is 6.90. The summed E-state index contributed by atoms with van der Waals surface area (Å²) < 4.78 is 0. The standard InChI is InChI=1S/C21H31N5O3/c1-5-6-15(22)9-16(27)12-24-19-25-18(28)10-17(13(2)3)21(11-14(21)4)7-8-23-20(29)26-19/h5,7-10,13-14,19,24H,1,6,11-12,22H2,2-4H3,(H,25,28)(H2,23,26,29)/b8-7+,15-9?,17-10-. The lowest BCUT2D eigenvalue weighted by atomic mass is 9.84. The number of rotatable bonds is 7. The van der Waals surface area contributed by atoms with Crippen LogP contribution in [0.25, 0.3) is 0 Å². The van der Waals surface area contributed by atoms with Crippen LogP contribution in [-0.2, 0) is 9.59 Å². The van der Waals surface area contributed by atoms with Gasteiger partial charge in [0, 0.05) is 35.9 Å². The first kappa shape index (κ1) is 22.4. The van der Waals surface area contributed by atoms with E-state index in [-0.39, 0.29) is 29.6 Å². The third-order valence-corrected chi connectivity index (χ3v) is 5.17. The Labute approximate surface area is 171 Å². The third-order valence-electron chi connectivity index (χ3n) is 5.17. The highest BCUT2D eigenvalue weighted by Crippen LogP contribution is 2.60. The van der Waals surface area contributed by atoms with Crippen LogP contribution < -0.4 is 27.0 Å². The van der Waals surface area contributed by atoms with Gasteiger partial charge in [-0.2, -0.15) is 0 Å². The van der Waals surface area contributed by atoms with E-state index in [4.69, 9.17) is 5.73 Å². The molecule has 2 rings (SSSR count). The van der Waals surface area contributed by atoms with Gasteiger partial charge < -0.3 is 21.7 Å². The van der Waals surface area contributed by atoms with Crippen molar-refractivity contribution in [3.63, 3.8) is 0 Å². The number of ketones is 1. The number of carbonyl (C=O) groups is 3. The van der Waals surface area contributed by atoms with Crippen LogP contribution in [0.2, 0.25) is 0 Å². The highest BCUT2D eigenvalue weighted by molar-refractivity contribution is 5.92. The number of nitrogens with one attached hydrogen (secondary N) is 4. The molecule has 1 aliphatic carbocycles. The topological polar surface area (TPSA) is 125 Å². The van der Waals surface area contributed by atoms with Gasteiger partial charge in [0.25, 0.3) is 0 Å². The Kier molecular flexibility index (Phi) is 7.39. The van der Waals surface area contributed by atoms with Gasteiger partial charge in [-0.3, -0.25) is 14.9 Å². The van der Waals surface area contributed by atoms with Crippen molar-refractivity contribution in [1.29, 1.82) is 0 Å². The maximum Gasteiger partial charge on any atom is 0.321 e. The summed E-state index contributed by atoms with van der Waals surface area (Å²) >= 11 is 0. The van der Waals surface area contributed by atoms with Gasteiger partial charge in [-0.25, -0.2) is 4.79 Å². The van der Waals surface area contributed by atoms with E-state index < -0.39 is 12.3 Å². The van der Waals surface area contributed by atoms with Gasteiger partial charge >= 0.3 is 6.03 Å². The largest absolute Gasteiger partial charge is 0.402 e. The maximum atomic E-state index is 12.6. The zero-order chi connectivity index (χ0) is 21.6. The van der Waals surface area contributed by atoms with Crippen LogP contribution in [0.3, 0.4) is 0 Å². The molecule has 1 aliphatic heterocycles. The fourth-order valence-electron chi connectivity index (χ4n) is 3.61. The van der Waals surface area contributed by atoms with Crippen molar-refractivity contribution in [3.05, 3.63) is 48.4 Å². The molecule has 3 unspecified atom stereocenters. The van der Waals surface area contributed by atoms with Gasteiger partial charge in [0.2, 0.25) is 5.91 Å². The minimum Gasteiger partial charge on any atom is -0.402 e. The fourth-order valence-corrected chi connectivity index (χ4v) is 3.61. The van der Waals surface area contributed by atoms with Crippen molar-refractivity contribution in [2.24, 2.45) is 23.0 Å². The van der Waals surface area contributed by atoms with Gasteiger partial charge in [0.1, 0.15) is 0 Å². The highest BCUT2D eigenvalue weighted by atomic mass is 16.2. The minimum atomic E-state index is -0.927. The number of hydrogen-bond acceptors (Lipinski definition) is 5. The summed E-state index contributed by atoms with van der Waals surface area (Å²) in [6.07, 6.45) is 8.49. The average Bonchev–Trinajstić information content (AvgIpc) is 3.27. The lowest BCUT2D eigenvalue weighted by molar-refractivity contribution is -0.118. The molecule has 3 amide bonds. The number of urea groups is 1. The predicted octanol–water partition coefficient (Wildman–Crippen LogP) is 1.40. The van der Waals surface area contributed by atoms with Gasteiger partial charge in [0.05, 0.1) is 6.54 Å². The summed E-state index contributed by atoms with van der Waals surface area (Å²) in [4.78, 5) is 36.8. The van der Waals surface area contributed by atoms with Crippen LogP contribution in [0.5, 0.6) is 0 Å². The molecule has 0 aromatic heterocycles. The average molecular weight is 402 g/mol. The Hall–Kier alpha value is -2.87. The molecule has 1 saturated carbocycles. The van der Waals surface area contributed by atoms with Crippen molar-refractivity contribution in [1.82, 2.24) is 21.3 Å². The fraction of sp³-hybridized carbons (Fsp3) is 0.476. The Balaban J connectivity index is 2.15. The van der Waals surface area contributed by atoms with E-state index in [0.29, 0.717) is 18.0 Å². The van der Waals surface area contributed by atoms with Crippen molar-refractivity contribution < 1.29 is 14.4 Å². The van der Waals surface area contributed by atoms with Gasteiger partial charge in [0.15, 0.2) is 12.1 Å². The van der Waals surface area contributed by atoms with Crippen LogP contribution in [0.15, 0.2) is 48.4 Å². The molecular formula is C21H31N5O3. The van der Waals surface area contributed by atoms with Crippen LogP contribution in [0, 0.1) is 17.3 Å². The molecule has 3 atom stereocenters. The molecule has 0 radical (unpaired) electrons. The zero-order valence-corrected chi connectivity index (χ0v) is 17.2. The highest BCUT2D eigenvalue weighted by Gasteiger charge is 2.52. The smallest absolute Gasteiger partial charge is 0.321 e. The maximum absolute atomic E-state index is 12.6. The van der Waals surface area contributed by atoms with Crippen molar-refractivity contribution in [2.45, 2.75) is 39.9 Å². The molecule has 8 heteroatoms. The molecule has 1 spiro atoms. The summed E-state index contributed by atoms with van der Waals surface area (Å²) in [5, 5.41) is 10.8. The number of carbonyl (C=O) groups excluding carboxylic acids is 3. The minimum absolute atomic E-state index is 0.110. The Morgan fingerprint density at radius 2 is 2.10 bits per heavy atom. The SMILES string of the molecule is C=CCC(N)=CC(=O)CNC1NC(=O)/C=C(/C(C)C)C2(/C=C/NC(=O)N1)CC2C. The van der Waals surface area contributed by atoms with E-state index in [1.807, 2.05) is 19.9 Å². The second-order valence-electron chi connectivity index (χ2n) is 7.85. The van der Waals surface area contributed by atoms with Crippen molar-refractivity contribution in [3.8, 4) is 0 Å². The van der Waals surface area contributed by atoms with E-state index in [1.165, 1.54) is 6.08 Å². The molecule has 0 saturated heterocycles. The molecule has 0 aromatic carbocycles. The van der Waals surface area contributed by atoms with E-state index >= 15 is 0 Å². The molecule has 1 heterocycles. The van der Waals surface area contributed by atoms with E-state index in [2.05, 4.69) is 34.8 Å². The van der Waals surface area contributed by atoms with Gasteiger partial charge in [-0.05, 0) is 18.3 Å². The Morgan fingerprint density at radius 1 is 1.41 bits per heavy atom. The number of amides is 3. The third kappa shape index (κ3) is 6.05. The summed E-state index contributed by atoms with van der Waals surface area (Å²) in [7, 11) is 0. The first-order chi connectivity index (χ1) is 13.7. The number of hydrogen-bond donors (Lipinski definition) is 5. The number of nitrogens with two attached hydrogens (primary N) is 1. The summed E-state index contributed by atoms with van der Waals surface area (Å²) in [5.74, 6) is -0.0514. The number of allylic oxidation sites excluding steroid dienone is 3. The molecule has 158 valence electrons. The van der Waals surface area contributed by atoms with E-state index in [0.717, 1.165) is 12.0 Å². The lowest BCUT2D eigenvalue weighted by Crippen LogP contribution is -2.58. The Morgan fingerprint density at radius 3 is 2.69 bits per heavy atom. The van der Waals surface area contributed by atoms with E-state index in [9.17, 15) is 14.4 Å². The first-order valence-corrected chi connectivity index (χ1v) is 9.78. The first-order valence-electron chi connectivity index (χ1n) is 9.78. The van der Waals surface area contributed by atoms with Crippen LogP contribution in [0.4, 0.5) is 4.79 Å². The van der Waals surface area contributed by atoms with Crippen LogP contribution >= 0.6 is 0 Å². The van der Waals surface area contributed by atoms with Crippen LogP contribution in [-0.4, -0.2) is 30.6 Å². The lowest BCUT2D eigenvalue weighted by Gasteiger charge is -2.22. The van der Waals surface area contributed by atoms with Crippen LogP contribution in [0.1, 0.15) is 33.6 Å². The summed E-state index contributed by atoms with van der Waals surface area (Å²) in [6.45, 7) is 9.67. The van der Waals surface area contributed by atoms with Gasteiger partial charge in [-0.15, -0.1) is 6.58 Å². The molecule has 6 N–H and O–H groups in total. The van der Waals surface area contributed by atoms with Crippen molar-refractivity contribution in [2.75, 3.05) is 6.54 Å². The normalized spacial score (nSPS) is 30.3. The second kappa shape index (κ2) is 9.56. The summed E-state index contributed by atoms with van der Waals surface area (Å²) in [6, 6.07) is -0.496. The quantitative estimate of drug-likeness (QED) is 0.326. The molecule has 1 fully saturated rings. The molecular weight excluding hydrogens is 370 g/mol. The zero-order valence-electron chi connectivity index (χ0n) is 17.2. The van der Waals surface area contributed by atoms with E-state index in [1.54, 1.807) is 18.4 Å². The Bertz CT molecular complexity index is 768. The van der Waals surface area contributed by atoms with Crippen molar-refractivity contribution >= 4 is 17.7 Å². The predicted molar refractivity (Wildman–Crippen MR) is 112 cm³/mol. The monoisotopic (exact) mass is 401 g/mol. The molecule has 29 heavy (non-hydrogen) atoms. The molecule has 8 nitrogen and oxygen atoms in total. The molecule has 0 bridgehead atoms.